The lowest BCUT2D eigenvalue weighted by Gasteiger charge is -2.28. The van der Waals surface area contributed by atoms with Crippen LogP contribution in [-0.4, -0.2) is 55.4 Å². The molecule has 0 aliphatic heterocycles. The third kappa shape index (κ3) is 5.43. The van der Waals surface area contributed by atoms with Gasteiger partial charge in [-0.25, -0.2) is 8.42 Å². The van der Waals surface area contributed by atoms with E-state index in [2.05, 4.69) is 5.32 Å². The number of carbonyl (C=O) groups is 2. The van der Waals surface area contributed by atoms with E-state index in [1.54, 1.807) is 27.7 Å². The molecule has 0 aliphatic rings. The number of benzene rings is 1. The lowest BCUT2D eigenvalue weighted by molar-refractivity contribution is -0.138. The average molecular weight is 400 g/mol. The first kappa shape index (κ1) is 22.9. The number of methoxy groups -OCH3 is 1. The van der Waals surface area contributed by atoms with Gasteiger partial charge in [-0.05, 0) is 31.5 Å². The summed E-state index contributed by atoms with van der Waals surface area (Å²) in [7, 11) is -2.48. The Labute approximate surface area is 160 Å². The van der Waals surface area contributed by atoms with Crippen LogP contribution in [0.1, 0.15) is 50.9 Å². The minimum atomic E-state index is -3.83. The van der Waals surface area contributed by atoms with E-state index in [9.17, 15) is 18.0 Å². The molecular formula is C18H28N2O6S. The van der Waals surface area contributed by atoms with Crippen molar-refractivity contribution >= 4 is 21.9 Å². The van der Waals surface area contributed by atoms with Crippen molar-refractivity contribution < 1.29 is 27.9 Å². The molecule has 27 heavy (non-hydrogen) atoms. The molecule has 0 saturated heterocycles. The Morgan fingerprint density at radius 3 is 2.26 bits per heavy atom. The van der Waals surface area contributed by atoms with Gasteiger partial charge in [0.25, 0.3) is 5.91 Å². The first-order chi connectivity index (χ1) is 12.5. The smallest absolute Gasteiger partial charge is 0.305 e. The van der Waals surface area contributed by atoms with E-state index in [0.717, 1.165) is 0 Å². The second-order valence-corrected chi connectivity index (χ2v) is 8.30. The molecule has 1 rings (SSSR count). The highest BCUT2D eigenvalue weighted by Gasteiger charge is 2.30. The highest BCUT2D eigenvalue weighted by Crippen LogP contribution is 2.28. The van der Waals surface area contributed by atoms with Crippen molar-refractivity contribution in [1.29, 1.82) is 0 Å². The second kappa shape index (κ2) is 9.18. The van der Waals surface area contributed by atoms with Crippen molar-refractivity contribution in [3.8, 4) is 5.75 Å². The molecule has 1 aromatic carbocycles. The van der Waals surface area contributed by atoms with Gasteiger partial charge in [-0.3, -0.25) is 9.59 Å². The van der Waals surface area contributed by atoms with Crippen molar-refractivity contribution in [3.63, 3.8) is 0 Å². The normalized spacial score (nSPS) is 13.9. The van der Waals surface area contributed by atoms with E-state index >= 15 is 0 Å². The van der Waals surface area contributed by atoms with Gasteiger partial charge in [0.2, 0.25) is 10.0 Å². The molecule has 0 heterocycles. The quantitative estimate of drug-likeness (QED) is 0.622. The topological polar surface area (TPSA) is 113 Å². The SMILES string of the molecule is CCN(CC)S(=O)(=O)c1cc(C(=O)NC(C)(CC)CC(=O)O)ccc1OC. The summed E-state index contributed by atoms with van der Waals surface area (Å²) in [5.74, 6) is -1.43. The third-order valence-corrected chi connectivity index (χ3v) is 6.56. The molecule has 0 radical (unpaired) electrons. The van der Waals surface area contributed by atoms with Crippen LogP contribution in [0.5, 0.6) is 5.75 Å². The molecule has 9 heteroatoms. The van der Waals surface area contributed by atoms with Crippen molar-refractivity contribution in [2.45, 2.75) is 51.0 Å². The first-order valence-electron chi connectivity index (χ1n) is 8.77. The number of aliphatic carboxylic acids is 1. The maximum absolute atomic E-state index is 12.9. The van der Waals surface area contributed by atoms with Crippen molar-refractivity contribution in [3.05, 3.63) is 23.8 Å². The highest BCUT2D eigenvalue weighted by atomic mass is 32.2. The molecule has 2 N–H and O–H groups in total. The van der Waals surface area contributed by atoms with Crippen LogP contribution in [0.4, 0.5) is 0 Å². The number of amides is 1. The lowest BCUT2D eigenvalue weighted by atomic mass is 9.94. The van der Waals surface area contributed by atoms with Crippen LogP contribution in [0.15, 0.2) is 23.1 Å². The third-order valence-electron chi connectivity index (χ3n) is 4.49. The van der Waals surface area contributed by atoms with Crippen LogP contribution in [0.2, 0.25) is 0 Å². The number of carboxylic acid groups (broad SMARTS) is 1. The fraction of sp³-hybridized carbons (Fsp3) is 0.556. The van der Waals surface area contributed by atoms with Gasteiger partial charge in [0.1, 0.15) is 10.6 Å². The Morgan fingerprint density at radius 2 is 1.81 bits per heavy atom. The molecule has 0 bridgehead atoms. The highest BCUT2D eigenvalue weighted by molar-refractivity contribution is 7.89. The van der Waals surface area contributed by atoms with Crippen molar-refractivity contribution in [2.24, 2.45) is 0 Å². The van der Waals surface area contributed by atoms with Crippen LogP contribution in [0.3, 0.4) is 0 Å². The minimum absolute atomic E-state index is 0.0993. The van der Waals surface area contributed by atoms with E-state index < -0.39 is 27.4 Å². The Hall–Kier alpha value is -2.13. The molecule has 1 unspecified atom stereocenters. The van der Waals surface area contributed by atoms with Gasteiger partial charge in [-0.1, -0.05) is 20.8 Å². The Bertz CT molecular complexity index is 789. The predicted molar refractivity (Wildman–Crippen MR) is 102 cm³/mol. The standard InChI is InChI=1S/C18H28N2O6S/c1-6-18(4,12-16(21)22)19-17(23)13-9-10-14(26-5)15(11-13)27(24,25)20(7-2)8-3/h9-11H,6-8,12H2,1-5H3,(H,19,23)(H,21,22). The van der Waals surface area contributed by atoms with Gasteiger partial charge in [0.05, 0.1) is 13.5 Å². The molecule has 0 spiro atoms. The second-order valence-electron chi connectivity index (χ2n) is 6.39. The maximum atomic E-state index is 12.9. The van der Waals surface area contributed by atoms with E-state index in [0.29, 0.717) is 6.42 Å². The zero-order valence-corrected chi connectivity index (χ0v) is 17.2. The summed E-state index contributed by atoms with van der Waals surface area (Å²) < 4.78 is 32.2. The van der Waals surface area contributed by atoms with Gasteiger partial charge in [0, 0.05) is 24.2 Å². The van der Waals surface area contributed by atoms with Gasteiger partial charge >= 0.3 is 5.97 Å². The molecule has 8 nitrogen and oxygen atoms in total. The minimum Gasteiger partial charge on any atom is -0.495 e. The molecule has 0 saturated carbocycles. The van der Waals surface area contributed by atoms with E-state index in [1.807, 2.05) is 0 Å². The number of carboxylic acids is 1. The molecule has 0 aliphatic carbocycles. The van der Waals surface area contributed by atoms with Crippen LogP contribution in [-0.2, 0) is 14.8 Å². The van der Waals surface area contributed by atoms with Crippen molar-refractivity contribution in [1.82, 2.24) is 9.62 Å². The number of nitrogens with one attached hydrogen (secondary N) is 1. The number of hydrogen-bond donors (Lipinski definition) is 2. The Kier molecular flexibility index (Phi) is 7.79. The number of rotatable bonds is 10. The zero-order chi connectivity index (χ0) is 20.8. The monoisotopic (exact) mass is 400 g/mol. The first-order valence-corrected chi connectivity index (χ1v) is 10.2. The largest absolute Gasteiger partial charge is 0.495 e. The summed E-state index contributed by atoms with van der Waals surface area (Å²) in [4.78, 5) is 23.6. The van der Waals surface area contributed by atoms with E-state index in [1.165, 1.54) is 29.6 Å². The molecular weight excluding hydrogens is 372 g/mol. The number of hydrogen-bond acceptors (Lipinski definition) is 5. The number of carbonyl (C=O) groups excluding carboxylic acids is 1. The van der Waals surface area contributed by atoms with Gasteiger partial charge in [0.15, 0.2) is 0 Å². The Balaban J connectivity index is 3.32. The van der Waals surface area contributed by atoms with Gasteiger partial charge in [-0.15, -0.1) is 0 Å². The fourth-order valence-corrected chi connectivity index (χ4v) is 4.30. The molecule has 0 aromatic heterocycles. The number of ether oxygens (including phenoxy) is 1. The summed E-state index contributed by atoms with van der Waals surface area (Å²) in [5, 5.41) is 11.7. The van der Waals surface area contributed by atoms with Crippen LogP contribution >= 0.6 is 0 Å². The summed E-state index contributed by atoms with van der Waals surface area (Å²) in [6, 6.07) is 4.14. The fourth-order valence-electron chi connectivity index (χ4n) is 2.66. The Morgan fingerprint density at radius 1 is 1.22 bits per heavy atom. The summed E-state index contributed by atoms with van der Waals surface area (Å²) >= 11 is 0. The van der Waals surface area contributed by atoms with Crippen LogP contribution < -0.4 is 10.1 Å². The lowest BCUT2D eigenvalue weighted by Crippen LogP contribution is -2.47. The predicted octanol–water partition coefficient (Wildman–Crippen LogP) is 2.10. The van der Waals surface area contributed by atoms with E-state index in [4.69, 9.17) is 9.84 Å². The number of nitrogens with zero attached hydrogens (tertiary/aromatic N) is 1. The molecule has 152 valence electrons. The molecule has 1 amide bonds. The van der Waals surface area contributed by atoms with Gasteiger partial charge < -0.3 is 15.2 Å². The zero-order valence-electron chi connectivity index (χ0n) is 16.4. The summed E-state index contributed by atoms with van der Waals surface area (Å²) in [5.41, 5.74) is -0.826. The maximum Gasteiger partial charge on any atom is 0.305 e. The molecule has 1 atom stereocenters. The van der Waals surface area contributed by atoms with Crippen molar-refractivity contribution in [2.75, 3.05) is 20.2 Å². The molecule has 1 aromatic rings. The van der Waals surface area contributed by atoms with Crippen LogP contribution in [0, 0.1) is 0 Å². The number of sulfonamides is 1. The average Bonchev–Trinajstić information content (AvgIpc) is 2.61. The summed E-state index contributed by atoms with van der Waals surface area (Å²) in [6.45, 7) is 7.42. The summed E-state index contributed by atoms with van der Waals surface area (Å²) in [6.07, 6.45) is 0.168. The van der Waals surface area contributed by atoms with Crippen LogP contribution in [0.25, 0.3) is 0 Å². The molecule has 0 fully saturated rings. The van der Waals surface area contributed by atoms with E-state index in [-0.39, 0.29) is 35.7 Å². The van der Waals surface area contributed by atoms with Gasteiger partial charge in [-0.2, -0.15) is 4.31 Å².